The minimum Gasteiger partial charge on any atom is -0.350 e. The van der Waals surface area contributed by atoms with Gasteiger partial charge >= 0.3 is 0 Å². The molecule has 1 saturated carbocycles. The molecule has 0 spiro atoms. The standard InChI is InChI=1S/C17H18FN7/c1-10-2-3-12(13(18)6-10)8-19-16-20-9-21-17(23-16)22-15-7-14(24-25-15)11-4-5-11/h2-3,6-7,9,11H,4-5,8H2,1H3,(H3,19,20,21,22,23,24,25). The van der Waals surface area contributed by atoms with E-state index in [1.165, 1.54) is 25.2 Å². The summed E-state index contributed by atoms with van der Waals surface area (Å²) in [4.78, 5) is 12.4. The van der Waals surface area contributed by atoms with Crippen LogP contribution < -0.4 is 10.6 Å². The molecular formula is C17H18FN7. The Hall–Kier alpha value is -3.03. The number of hydrogen-bond donors (Lipinski definition) is 3. The number of rotatable bonds is 6. The summed E-state index contributed by atoms with van der Waals surface area (Å²) in [6.45, 7) is 2.15. The van der Waals surface area contributed by atoms with Crippen molar-refractivity contribution in [3.8, 4) is 0 Å². The molecule has 0 bridgehead atoms. The van der Waals surface area contributed by atoms with Gasteiger partial charge in [-0.05, 0) is 31.4 Å². The predicted molar refractivity (Wildman–Crippen MR) is 92.1 cm³/mol. The van der Waals surface area contributed by atoms with Crippen LogP contribution in [-0.2, 0) is 6.54 Å². The van der Waals surface area contributed by atoms with Gasteiger partial charge in [-0.15, -0.1) is 0 Å². The molecule has 25 heavy (non-hydrogen) atoms. The van der Waals surface area contributed by atoms with Gasteiger partial charge in [-0.2, -0.15) is 10.1 Å². The number of H-pyrrole nitrogens is 1. The van der Waals surface area contributed by atoms with Crippen LogP contribution in [0.1, 0.15) is 35.6 Å². The first-order valence-electron chi connectivity index (χ1n) is 8.17. The molecule has 0 radical (unpaired) electrons. The van der Waals surface area contributed by atoms with Gasteiger partial charge < -0.3 is 10.6 Å². The highest BCUT2D eigenvalue weighted by molar-refractivity contribution is 5.49. The van der Waals surface area contributed by atoms with E-state index in [9.17, 15) is 4.39 Å². The highest BCUT2D eigenvalue weighted by Crippen LogP contribution is 2.39. The van der Waals surface area contributed by atoms with Crippen molar-refractivity contribution in [2.75, 3.05) is 10.6 Å². The monoisotopic (exact) mass is 339 g/mol. The second-order valence-corrected chi connectivity index (χ2v) is 6.19. The predicted octanol–water partition coefficient (Wildman–Crippen LogP) is 3.28. The molecule has 0 saturated heterocycles. The van der Waals surface area contributed by atoms with E-state index >= 15 is 0 Å². The first-order valence-corrected chi connectivity index (χ1v) is 8.17. The highest BCUT2D eigenvalue weighted by atomic mass is 19.1. The molecule has 2 heterocycles. The van der Waals surface area contributed by atoms with Gasteiger partial charge in [0.15, 0.2) is 5.82 Å². The molecule has 0 unspecified atom stereocenters. The van der Waals surface area contributed by atoms with E-state index in [0.29, 0.717) is 35.7 Å². The van der Waals surface area contributed by atoms with Crippen LogP contribution in [0.5, 0.6) is 0 Å². The zero-order chi connectivity index (χ0) is 17.2. The number of nitrogens with one attached hydrogen (secondary N) is 3. The zero-order valence-corrected chi connectivity index (χ0v) is 13.8. The lowest BCUT2D eigenvalue weighted by Crippen LogP contribution is -2.07. The van der Waals surface area contributed by atoms with Crippen molar-refractivity contribution in [2.24, 2.45) is 0 Å². The third-order valence-corrected chi connectivity index (χ3v) is 4.07. The van der Waals surface area contributed by atoms with E-state index in [2.05, 4.69) is 35.8 Å². The maximum atomic E-state index is 13.9. The summed E-state index contributed by atoms with van der Waals surface area (Å²) in [6, 6.07) is 7.10. The summed E-state index contributed by atoms with van der Waals surface area (Å²) in [5.74, 6) is 1.78. The van der Waals surface area contributed by atoms with Crippen LogP contribution in [0.15, 0.2) is 30.6 Å². The normalized spacial score (nSPS) is 13.7. The van der Waals surface area contributed by atoms with Gasteiger partial charge in [-0.3, -0.25) is 5.10 Å². The molecule has 128 valence electrons. The minimum absolute atomic E-state index is 0.246. The molecule has 0 amide bonds. The zero-order valence-electron chi connectivity index (χ0n) is 13.8. The number of hydrogen-bond acceptors (Lipinski definition) is 6. The summed E-state index contributed by atoms with van der Waals surface area (Å²) in [6.07, 6.45) is 3.81. The molecule has 7 nitrogen and oxygen atoms in total. The number of aryl methyl sites for hydroxylation is 1. The van der Waals surface area contributed by atoms with E-state index in [1.807, 2.05) is 19.1 Å². The fourth-order valence-electron chi connectivity index (χ4n) is 2.53. The van der Waals surface area contributed by atoms with Crippen LogP contribution >= 0.6 is 0 Å². The number of anilines is 3. The molecule has 0 atom stereocenters. The second-order valence-electron chi connectivity index (χ2n) is 6.19. The molecule has 1 aliphatic carbocycles. The average Bonchev–Trinajstić information content (AvgIpc) is 3.35. The lowest BCUT2D eigenvalue weighted by atomic mass is 10.1. The Kier molecular flexibility index (Phi) is 4.01. The SMILES string of the molecule is Cc1ccc(CNc2ncnc(Nc3cc(C4CC4)[nH]n3)n2)c(F)c1. The molecule has 3 aromatic rings. The fraction of sp³-hybridized carbons (Fsp3) is 0.294. The van der Waals surface area contributed by atoms with Crippen LogP contribution in [0.4, 0.5) is 22.1 Å². The number of benzene rings is 1. The Morgan fingerprint density at radius 3 is 2.84 bits per heavy atom. The molecule has 4 rings (SSSR count). The van der Waals surface area contributed by atoms with E-state index in [1.54, 1.807) is 6.07 Å². The third-order valence-electron chi connectivity index (χ3n) is 4.07. The molecule has 2 aromatic heterocycles. The van der Waals surface area contributed by atoms with Gasteiger partial charge in [0.2, 0.25) is 11.9 Å². The summed E-state index contributed by atoms with van der Waals surface area (Å²) in [5, 5.41) is 13.3. The minimum atomic E-state index is -0.246. The van der Waals surface area contributed by atoms with E-state index < -0.39 is 0 Å². The first-order chi connectivity index (χ1) is 12.2. The number of nitrogens with zero attached hydrogens (tertiary/aromatic N) is 4. The first kappa shape index (κ1) is 15.5. The van der Waals surface area contributed by atoms with Crippen LogP contribution in [0.2, 0.25) is 0 Å². The number of aromatic nitrogens is 5. The lowest BCUT2D eigenvalue weighted by Gasteiger charge is -2.07. The maximum absolute atomic E-state index is 13.9. The van der Waals surface area contributed by atoms with Gasteiger partial charge in [-0.1, -0.05) is 12.1 Å². The largest absolute Gasteiger partial charge is 0.350 e. The molecule has 8 heteroatoms. The van der Waals surface area contributed by atoms with Crippen molar-refractivity contribution in [1.29, 1.82) is 0 Å². The third kappa shape index (κ3) is 3.73. The number of halogens is 1. The molecule has 1 aromatic carbocycles. The smallest absolute Gasteiger partial charge is 0.233 e. The highest BCUT2D eigenvalue weighted by Gasteiger charge is 2.25. The molecule has 3 N–H and O–H groups in total. The summed E-state index contributed by atoms with van der Waals surface area (Å²) >= 11 is 0. The van der Waals surface area contributed by atoms with E-state index in [-0.39, 0.29) is 5.82 Å². The number of aromatic amines is 1. The Labute approximate surface area is 144 Å². The van der Waals surface area contributed by atoms with Crippen LogP contribution in [-0.4, -0.2) is 25.1 Å². The molecule has 1 aliphatic rings. The van der Waals surface area contributed by atoms with Crippen molar-refractivity contribution in [2.45, 2.75) is 32.2 Å². The average molecular weight is 339 g/mol. The van der Waals surface area contributed by atoms with Crippen LogP contribution in [0.25, 0.3) is 0 Å². The quantitative estimate of drug-likeness (QED) is 0.638. The summed E-state index contributed by atoms with van der Waals surface area (Å²) in [7, 11) is 0. The van der Waals surface area contributed by atoms with Crippen LogP contribution in [0, 0.1) is 12.7 Å². The van der Waals surface area contributed by atoms with Crippen LogP contribution in [0.3, 0.4) is 0 Å². The van der Waals surface area contributed by atoms with Gasteiger partial charge in [0.1, 0.15) is 12.1 Å². The lowest BCUT2D eigenvalue weighted by molar-refractivity contribution is 0.611. The Morgan fingerprint density at radius 2 is 2.04 bits per heavy atom. The van der Waals surface area contributed by atoms with Crippen molar-refractivity contribution in [3.63, 3.8) is 0 Å². The van der Waals surface area contributed by atoms with Gasteiger partial charge in [0, 0.05) is 29.8 Å². The molecular weight excluding hydrogens is 321 g/mol. The van der Waals surface area contributed by atoms with E-state index in [4.69, 9.17) is 0 Å². The topological polar surface area (TPSA) is 91.4 Å². The van der Waals surface area contributed by atoms with Crippen molar-refractivity contribution in [1.82, 2.24) is 25.1 Å². The second kappa shape index (κ2) is 6.46. The summed E-state index contributed by atoms with van der Waals surface area (Å²) in [5.41, 5.74) is 2.57. The maximum Gasteiger partial charge on any atom is 0.233 e. The van der Waals surface area contributed by atoms with Gasteiger partial charge in [-0.25, -0.2) is 14.4 Å². The van der Waals surface area contributed by atoms with Crippen molar-refractivity contribution in [3.05, 3.63) is 53.2 Å². The summed E-state index contributed by atoms with van der Waals surface area (Å²) < 4.78 is 13.9. The van der Waals surface area contributed by atoms with Gasteiger partial charge in [0.05, 0.1) is 0 Å². The fourth-order valence-corrected chi connectivity index (χ4v) is 2.53. The van der Waals surface area contributed by atoms with Gasteiger partial charge in [0.25, 0.3) is 0 Å². The molecule has 0 aliphatic heterocycles. The Bertz CT molecular complexity index is 888. The Morgan fingerprint density at radius 1 is 1.20 bits per heavy atom. The van der Waals surface area contributed by atoms with Crippen molar-refractivity contribution < 1.29 is 4.39 Å². The van der Waals surface area contributed by atoms with Crippen molar-refractivity contribution >= 4 is 17.7 Å². The molecule has 1 fully saturated rings. The van der Waals surface area contributed by atoms with E-state index in [0.717, 1.165) is 11.3 Å². The Balaban J connectivity index is 1.41.